The number of nitrogen functional groups attached to an aromatic ring is 1. The Kier molecular flexibility index (Phi) is 6.26. The molecule has 2 aromatic heterocycles. The molecule has 0 radical (unpaired) electrons. The van der Waals surface area contributed by atoms with Gasteiger partial charge in [-0.25, -0.2) is 19.3 Å². The Morgan fingerprint density at radius 2 is 1.84 bits per heavy atom. The van der Waals surface area contributed by atoms with E-state index >= 15 is 0 Å². The molecule has 1 aliphatic rings. The van der Waals surface area contributed by atoms with Crippen molar-refractivity contribution < 1.29 is 51.1 Å². The van der Waals surface area contributed by atoms with Gasteiger partial charge in [-0.15, -0.1) is 0 Å². The largest absolute Gasteiger partial charge is 0.444 e. The second-order valence-electron chi connectivity index (χ2n) is 6.40. The quantitative estimate of drug-likeness (QED) is 0.253. The maximum Gasteiger partial charge on any atom is 0.444 e. The lowest BCUT2D eigenvalue weighted by atomic mass is 10.2. The second kappa shape index (κ2) is 8.07. The van der Waals surface area contributed by atoms with Crippen molar-refractivity contribution in [2.24, 2.45) is 0 Å². The van der Waals surface area contributed by atoms with Gasteiger partial charge in [0.05, 0.1) is 18.5 Å². The number of imidazole rings is 1. The van der Waals surface area contributed by atoms with Crippen molar-refractivity contribution in [3.63, 3.8) is 0 Å². The zero-order chi connectivity index (χ0) is 23.2. The van der Waals surface area contributed by atoms with E-state index in [1.165, 1.54) is 18.7 Å². The van der Waals surface area contributed by atoms with Crippen molar-refractivity contribution in [2.75, 3.05) is 12.1 Å². The average Bonchev–Trinajstić information content (AvgIpc) is 3.25. The minimum absolute atomic E-state index is 0.164. The van der Waals surface area contributed by atoms with Gasteiger partial charge in [0, 0.05) is 6.42 Å². The molecule has 0 aromatic carbocycles. The Bertz CT molecular complexity index is 1170. The van der Waals surface area contributed by atoms with Crippen LogP contribution in [0.15, 0.2) is 24.8 Å². The molecule has 0 saturated carbocycles. The van der Waals surface area contributed by atoms with Crippen LogP contribution in [-0.4, -0.2) is 56.9 Å². The normalized spacial score (nSPS) is 23.7. The number of hydrogen-bond acceptors (Lipinski definition) is 9. The molecule has 2 heterocycles. The highest BCUT2D eigenvalue weighted by atomic mass is 31.3. The molecule has 0 spiro atoms. The van der Waals surface area contributed by atoms with E-state index < -0.39 is 40.6 Å². The first kappa shape index (κ1) is 24.1. The lowest BCUT2D eigenvalue weighted by Crippen LogP contribution is -2.19. The molecule has 31 heavy (non-hydrogen) atoms. The average molecular weight is 505 g/mol. The summed E-state index contributed by atoms with van der Waals surface area (Å²) in [5, 5.41) is -5.58. The van der Waals surface area contributed by atoms with E-state index in [0.717, 1.165) is 0 Å². The molecule has 14 nitrogen and oxygen atoms in total. The van der Waals surface area contributed by atoms with Gasteiger partial charge in [-0.3, -0.25) is 13.7 Å². The van der Waals surface area contributed by atoms with Crippen molar-refractivity contribution in [2.45, 2.75) is 24.0 Å². The summed E-state index contributed by atoms with van der Waals surface area (Å²) in [6.07, 6.45) is 3.87. The van der Waals surface area contributed by atoms with Gasteiger partial charge < -0.3 is 34.6 Å². The van der Waals surface area contributed by atoms with E-state index in [1.54, 1.807) is 10.6 Å². The van der Waals surface area contributed by atoms with Gasteiger partial charge in [0.25, 0.3) is 0 Å². The zero-order valence-corrected chi connectivity index (χ0v) is 17.9. The zero-order valence-electron chi connectivity index (χ0n) is 15.2. The van der Waals surface area contributed by atoms with Gasteiger partial charge in [0.2, 0.25) is 0 Å². The third-order valence-corrected chi connectivity index (χ3v) is 9.45. The molecular formula is C12H16F2N5O9P3. The summed E-state index contributed by atoms with van der Waals surface area (Å²) in [5.74, 6) is 0.164. The highest BCUT2D eigenvalue weighted by Crippen LogP contribution is 2.77. The number of allylic oxidation sites excluding steroid dienone is 1. The maximum atomic E-state index is 13.4. The van der Waals surface area contributed by atoms with Gasteiger partial charge in [-0.1, -0.05) is 12.2 Å². The first-order valence-corrected chi connectivity index (χ1v) is 13.1. The molecule has 1 aliphatic carbocycles. The molecule has 0 saturated heterocycles. The van der Waals surface area contributed by atoms with Crippen molar-refractivity contribution in [3.8, 4) is 0 Å². The standard InChI is InChI=1S/C12H16F2N5O9P3/c13-12(14,30(22,23)24)31(25,26)28-29(20,21)6-27-8-2-1-7(3-8)19-5-18-9-10(15)16-4-17-11(9)19/h1-2,4-5,7-8H,3,6H2,(H,20,21)(H,25,26)(H2,15,16,17)(H2,22,23,24)/t7-,8+/m0/s1. The lowest BCUT2D eigenvalue weighted by molar-refractivity contribution is 0.0920. The fourth-order valence-electron chi connectivity index (χ4n) is 2.69. The second-order valence-corrected chi connectivity index (χ2v) is 12.2. The molecule has 0 amide bonds. The Labute approximate surface area is 172 Å². The minimum Gasteiger partial charge on any atom is -0.382 e. The molecule has 4 atom stereocenters. The number of rotatable bonds is 8. The fourth-order valence-corrected chi connectivity index (χ4v) is 6.68. The Morgan fingerprint density at radius 1 is 1.16 bits per heavy atom. The van der Waals surface area contributed by atoms with Crippen LogP contribution in [0, 0.1) is 0 Å². The van der Waals surface area contributed by atoms with E-state index in [2.05, 4.69) is 19.3 Å². The predicted molar refractivity (Wildman–Crippen MR) is 100.0 cm³/mol. The minimum atomic E-state index is -6.53. The van der Waals surface area contributed by atoms with Gasteiger partial charge >= 0.3 is 28.2 Å². The number of hydrogen-bond donors (Lipinski definition) is 5. The van der Waals surface area contributed by atoms with Crippen LogP contribution in [0.2, 0.25) is 0 Å². The summed E-state index contributed by atoms with van der Waals surface area (Å²) in [7, 11) is -18.3. The number of nitrogens with two attached hydrogens (primary N) is 1. The van der Waals surface area contributed by atoms with Crippen molar-refractivity contribution >= 4 is 39.8 Å². The smallest absolute Gasteiger partial charge is 0.382 e. The van der Waals surface area contributed by atoms with E-state index in [1.807, 2.05) is 0 Å². The highest BCUT2D eigenvalue weighted by molar-refractivity contribution is 7.76. The molecule has 0 aliphatic heterocycles. The monoisotopic (exact) mass is 505 g/mol. The first-order valence-electron chi connectivity index (χ1n) is 8.17. The molecule has 3 rings (SSSR count). The number of ether oxygens (including phenoxy) is 1. The van der Waals surface area contributed by atoms with Crippen LogP contribution in [0.5, 0.6) is 0 Å². The van der Waals surface area contributed by atoms with Crippen LogP contribution in [-0.2, 0) is 22.7 Å². The van der Waals surface area contributed by atoms with Crippen LogP contribution in [0.4, 0.5) is 14.6 Å². The summed E-state index contributed by atoms with van der Waals surface area (Å²) in [6, 6.07) is -0.369. The van der Waals surface area contributed by atoms with Gasteiger partial charge in [-0.05, 0) is 0 Å². The van der Waals surface area contributed by atoms with Crippen LogP contribution in [0.3, 0.4) is 0 Å². The SMILES string of the molecule is Nc1ncnc2c1ncn2[C@H]1C=C[C@@H](OCP(=O)(O)OP(=O)(O)C(F)(F)P(=O)(O)O)C1. The summed E-state index contributed by atoms with van der Waals surface area (Å²) < 4.78 is 71.3. The third-order valence-electron chi connectivity index (χ3n) is 4.15. The summed E-state index contributed by atoms with van der Waals surface area (Å²) in [6.45, 7) is 0. The van der Waals surface area contributed by atoms with E-state index in [4.69, 9.17) is 25.2 Å². The predicted octanol–water partition coefficient (Wildman–Crippen LogP) is 1.37. The molecule has 0 bridgehead atoms. The van der Waals surface area contributed by atoms with Crippen LogP contribution in [0.25, 0.3) is 11.2 Å². The van der Waals surface area contributed by atoms with Gasteiger partial charge in [0.15, 0.2) is 11.5 Å². The third kappa shape index (κ3) is 4.77. The van der Waals surface area contributed by atoms with Gasteiger partial charge in [-0.2, -0.15) is 8.78 Å². The van der Waals surface area contributed by atoms with Crippen LogP contribution >= 0.6 is 22.8 Å². The van der Waals surface area contributed by atoms with Crippen molar-refractivity contribution in [3.05, 3.63) is 24.8 Å². The van der Waals surface area contributed by atoms with E-state index in [-0.39, 0.29) is 18.3 Å². The van der Waals surface area contributed by atoms with Crippen molar-refractivity contribution in [1.82, 2.24) is 19.5 Å². The van der Waals surface area contributed by atoms with E-state index in [0.29, 0.717) is 11.2 Å². The maximum absolute atomic E-state index is 13.4. The Hall–Kier alpha value is -1.60. The number of fused-ring (bicyclic) bond motifs is 1. The number of nitrogens with zero attached hydrogens (tertiary/aromatic N) is 4. The summed E-state index contributed by atoms with van der Waals surface area (Å²) in [4.78, 5) is 47.7. The Balaban J connectivity index is 1.64. The van der Waals surface area contributed by atoms with E-state index in [9.17, 15) is 27.4 Å². The molecule has 19 heteroatoms. The molecule has 0 fully saturated rings. The Morgan fingerprint density at radius 3 is 2.48 bits per heavy atom. The molecule has 2 aromatic rings. The number of halogens is 2. The summed E-state index contributed by atoms with van der Waals surface area (Å²) in [5.41, 5.74) is 6.49. The molecule has 2 unspecified atom stereocenters. The molecule has 6 N–H and O–H groups in total. The van der Waals surface area contributed by atoms with Gasteiger partial charge in [0.1, 0.15) is 18.2 Å². The first-order chi connectivity index (χ1) is 14.1. The number of alkyl halides is 2. The van der Waals surface area contributed by atoms with Crippen LogP contribution in [0.1, 0.15) is 12.5 Å². The number of aromatic nitrogens is 4. The number of anilines is 1. The summed E-state index contributed by atoms with van der Waals surface area (Å²) >= 11 is 0. The van der Waals surface area contributed by atoms with Crippen LogP contribution < -0.4 is 5.73 Å². The highest BCUT2D eigenvalue weighted by Gasteiger charge is 2.66. The molecule has 172 valence electrons. The molecular weight excluding hydrogens is 489 g/mol. The van der Waals surface area contributed by atoms with Crippen molar-refractivity contribution in [1.29, 1.82) is 0 Å². The topological polar surface area (TPSA) is 220 Å². The fraction of sp³-hybridized carbons (Fsp3) is 0.417. The lowest BCUT2D eigenvalue weighted by Gasteiger charge is -2.24.